The summed E-state index contributed by atoms with van der Waals surface area (Å²) < 4.78 is 5.45. The van der Waals surface area contributed by atoms with E-state index in [0.29, 0.717) is 38.0 Å². The van der Waals surface area contributed by atoms with E-state index in [1.165, 1.54) is 11.8 Å². The molecular formula is C30H25ClN2O3S. The highest BCUT2D eigenvalue weighted by molar-refractivity contribution is 8.03. The maximum atomic E-state index is 13.4. The van der Waals surface area contributed by atoms with Gasteiger partial charge in [0.15, 0.2) is 5.78 Å². The molecule has 0 unspecified atom stereocenters. The van der Waals surface area contributed by atoms with E-state index in [1.807, 2.05) is 55.5 Å². The van der Waals surface area contributed by atoms with Crippen LogP contribution in [0.4, 0.5) is 0 Å². The number of carbonyl (C=O) groups excluding carboxylic acids is 2. The van der Waals surface area contributed by atoms with Gasteiger partial charge in [0.05, 0.1) is 46.2 Å². The highest BCUT2D eigenvalue weighted by Gasteiger charge is 2.38. The predicted molar refractivity (Wildman–Crippen MR) is 148 cm³/mol. The second kappa shape index (κ2) is 12.0. The topological polar surface area (TPSA) is 79.2 Å². The van der Waals surface area contributed by atoms with Crippen molar-refractivity contribution in [1.29, 1.82) is 5.26 Å². The number of dihydropyridines is 1. The molecule has 0 bridgehead atoms. The number of carbonyl (C=O) groups is 2. The molecule has 4 rings (SSSR count). The summed E-state index contributed by atoms with van der Waals surface area (Å²) in [6, 6.07) is 26.2. The number of ether oxygens (including phenoxy) is 1. The lowest BCUT2D eigenvalue weighted by Crippen LogP contribution is -2.29. The van der Waals surface area contributed by atoms with Gasteiger partial charge in [-0.05, 0) is 31.0 Å². The lowest BCUT2D eigenvalue weighted by atomic mass is 9.81. The Morgan fingerprint density at radius 1 is 1.03 bits per heavy atom. The fourth-order valence-electron chi connectivity index (χ4n) is 4.14. The number of benzene rings is 3. The molecule has 186 valence electrons. The molecule has 0 saturated heterocycles. The molecule has 5 nitrogen and oxygen atoms in total. The second-order valence-electron chi connectivity index (χ2n) is 8.39. The van der Waals surface area contributed by atoms with Crippen LogP contribution in [0.25, 0.3) is 5.70 Å². The first-order valence-electron chi connectivity index (χ1n) is 11.8. The number of nitrogens with zero attached hydrogens (tertiary/aromatic N) is 1. The zero-order valence-corrected chi connectivity index (χ0v) is 22.0. The van der Waals surface area contributed by atoms with Crippen molar-refractivity contribution < 1.29 is 14.3 Å². The molecule has 1 N–H and O–H groups in total. The zero-order valence-electron chi connectivity index (χ0n) is 20.5. The number of nitriles is 1. The molecular weight excluding hydrogens is 504 g/mol. The van der Waals surface area contributed by atoms with E-state index in [1.54, 1.807) is 37.3 Å². The first-order chi connectivity index (χ1) is 17.9. The Morgan fingerprint density at radius 2 is 1.70 bits per heavy atom. The summed E-state index contributed by atoms with van der Waals surface area (Å²) in [5, 5.41) is 14.5. The average Bonchev–Trinajstić information content (AvgIpc) is 2.92. The highest BCUT2D eigenvalue weighted by Crippen LogP contribution is 2.45. The van der Waals surface area contributed by atoms with Crippen LogP contribution >= 0.6 is 23.4 Å². The van der Waals surface area contributed by atoms with Crippen LogP contribution in [-0.4, -0.2) is 24.1 Å². The number of hydrogen-bond donors (Lipinski definition) is 1. The van der Waals surface area contributed by atoms with E-state index in [2.05, 4.69) is 11.4 Å². The Bertz CT molecular complexity index is 1420. The van der Waals surface area contributed by atoms with Crippen LogP contribution in [0.1, 0.15) is 39.9 Å². The SMILES string of the molecule is CCOC(=O)C1=C(c2ccccc2)NC(SCC(=O)c2ccc(C)cc2)=C(C#N)[C@H]1c1ccccc1Cl. The fraction of sp³-hybridized carbons (Fsp3) is 0.167. The molecule has 1 atom stereocenters. The summed E-state index contributed by atoms with van der Waals surface area (Å²) in [5.41, 5.74) is 4.16. The molecule has 1 heterocycles. The van der Waals surface area contributed by atoms with Crippen molar-refractivity contribution in [1.82, 2.24) is 5.32 Å². The molecule has 0 amide bonds. The van der Waals surface area contributed by atoms with Gasteiger partial charge in [-0.2, -0.15) is 5.26 Å². The minimum Gasteiger partial charge on any atom is -0.463 e. The number of aryl methyl sites for hydroxylation is 1. The monoisotopic (exact) mass is 528 g/mol. The third-order valence-electron chi connectivity index (χ3n) is 5.95. The minimum atomic E-state index is -0.772. The van der Waals surface area contributed by atoms with Gasteiger partial charge in [0.1, 0.15) is 0 Å². The van der Waals surface area contributed by atoms with E-state index in [-0.39, 0.29) is 18.1 Å². The second-order valence-corrected chi connectivity index (χ2v) is 9.78. The largest absolute Gasteiger partial charge is 0.463 e. The molecule has 1 aliphatic heterocycles. The van der Waals surface area contributed by atoms with Crippen LogP contribution in [0.5, 0.6) is 0 Å². The number of hydrogen-bond acceptors (Lipinski definition) is 6. The zero-order chi connectivity index (χ0) is 26.4. The number of ketones is 1. The lowest BCUT2D eigenvalue weighted by molar-refractivity contribution is -0.138. The Balaban J connectivity index is 1.83. The minimum absolute atomic E-state index is 0.0627. The Labute approximate surface area is 225 Å². The number of esters is 1. The van der Waals surface area contributed by atoms with Gasteiger partial charge in [-0.3, -0.25) is 4.79 Å². The standard InChI is InChI=1S/C30H25ClN2O3S/c1-3-36-30(35)27-26(22-11-7-8-12-24(22)31)23(17-32)29(33-28(27)21-9-5-4-6-10-21)37-18-25(34)20-15-13-19(2)14-16-20/h4-16,26,33H,3,18H2,1-2H3/t26-/m1/s1. The van der Waals surface area contributed by atoms with Gasteiger partial charge in [-0.1, -0.05) is 102 Å². The number of rotatable bonds is 8. The van der Waals surface area contributed by atoms with Gasteiger partial charge in [0.25, 0.3) is 0 Å². The van der Waals surface area contributed by atoms with Crippen LogP contribution in [0.3, 0.4) is 0 Å². The molecule has 7 heteroatoms. The fourth-order valence-corrected chi connectivity index (χ4v) is 5.32. The number of halogens is 1. The highest BCUT2D eigenvalue weighted by atomic mass is 35.5. The summed E-state index contributed by atoms with van der Waals surface area (Å²) in [4.78, 5) is 26.3. The van der Waals surface area contributed by atoms with Gasteiger partial charge in [0.2, 0.25) is 0 Å². The predicted octanol–water partition coefficient (Wildman–Crippen LogP) is 6.66. The van der Waals surface area contributed by atoms with E-state index in [0.717, 1.165) is 11.1 Å². The third kappa shape index (κ3) is 5.80. The first kappa shape index (κ1) is 26.3. The molecule has 0 spiro atoms. The van der Waals surface area contributed by atoms with E-state index >= 15 is 0 Å². The number of nitrogens with one attached hydrogen (secondary N) is 1. The lowest BCUT2D eigenvalue weighted by Gasteiger charge is -2.31. The summed E-state index contributed by atoms with van der Waals surface area (Å²) in [6.45, 7) is 3.88. The maximum Gasteiger partial charge on any atom is 0.337 e. The molecule has 3 aromatic carbocycles. The van der Waals surface area contributed by atoms with Crippen molar-refractivity contribution in [2.75, 3.05) is 12.4 Å². The molecule has 0 aromatic heterocycles. The van der Waals surface area contributed by atoms with E-state index in [4.69, 9.17) is 16.3 Å². The quantitative estimate of drug-likeness (QED) is 0.260. The van der Waals surface area contributed by atoms with Gasteiger partial charge in [-0.25, -0.2) is 4.79 Å². The number of Topliss-reactive ketones (excluding diaryl/α,β-unsaturated/α-hetero) is 1. The van der Waals surface area contributed by atoms with Crippen LogP contribution in [-0.2, 0) is 9.53 Å². The van der Waals surface area contributed by atoms with Gasteiger partial charge < -0.3 is 10.1 Å². The summed E-state index contributed by atoms with van der Waals surface area (Å²) in [6.07, 6.45) is 0. The molecule has 0 aliphatic carbocycles. The Morgan fingerprint density at radius 3 is 2.35 bits per heavy atom. The van der Waals surface area contributed by atoms with Gasteiger partial charge in [0, 0.05) is 10.6 Å². The third-order valence-corrected chi connectivity index (χ3v) is 7.31. The van der Waals surface area contributed by atoms with Crippen LogP contribution in [0.15, 0.2) is 95.0 Å². The van der Waals surface area contributed by atoms with Crippen molar-refractivity contribution in [3.05, 3.63) is 122 Å². The van der Waals surface area contributed by atoms with Crippen molar-refractivity contribution in [2.45, 2.75) is 19.8 Å². The Kier molecular flexibility index (Phi) is 8.50. The summed E-state index contributed by atoms with van der Waals surface area (Å²) >= 11 is 7.83. The van der Waals surface area contributed by atoms with Gasteiger partial charge in [-0.15, -0.1) is 0 Å². The maximum absolute atomic E-state index is 13.4. The number of allylic oxidation sites excluding steroid dienone is 1. The summed E-state index contributed by atoms with van der Waals surface area (Å²) in [7, 11) is 0. The van der Waals surface area contributed by atoms with E-state index in [9.17, 15) is 14.9 Å². The van der Waals surface area contributed by atoms with Crippen molar-refractivity contribution in [2.24, 2.45) is 0 Å². The normalized spacial score (nSPS) is 15.1. The van der Waals surface area contributed by atoms with Crippen molar-refractivity contribution in [3.63, 3.8) is 0 Å². The average molecular weight is 529 g/mol. The molecule has 37 heavy (non-hydrogen) atoms. The molecule has 3 aromatic rings. The molecule has 0 fully saturated rings. The van der Waals surface area contributed by atoms with Crippen molar-refractivity contribution in [3.8, 4) is 6.07 Å². The summed E-state index contributed by atoms with van der Waals surface area (Å²) in [5.74, 6) is -1.26. The Hall–Kier alpha value is -3.79. The van der Waals surface area contributed by atoms with Gasteiger partial charge >= 0.3 is 5.97 Å². The smallest absolute Gasteiger partial charge is 0.337 e. The van der Waals surface area contributed by atoms with Crippen LogP contribution in [0.2, 0.25) is 5.02 Å². The van der Waals surface area contributed by atoms with E-state index < -0.39 is 11.9 Å². The number of thioether (sulfide) groups is 1. The van der Waals surface area contributed by atoms with Crippen molar-refractivity contribution >= 4 is 40.8 Å². The molecule has 0 saturated carbocycles. The first-order valence-corrected chi connectivity index (χ1v) is 13.2. The molecule has 1 aliphatic rings. The molecule has 0 radical (unpaired) electrons. The van der Waals surface area contributed by atoms with Crippen LogP contribution in [0, 0.1) is 18.3 Å². The van der Waals surface area contributed by atoms with Crippen LogP contribution < -0.4 is 5.32 Å².